The first-order valence-corrected chi connectivity index (χ1v) is 9.44. The lowest BCUT2D eigenvalue weighted by Crippen LogP contribution is -2.41. The predicted molar refractivity (Wildman–Crippen MR) is 103 cm³/mol. The molecule has 1 aromatic rings. The molecule has 3 rings (SSSR count). The van der Waals surface area contributed by atoms with Crippen molar-refractivity contribution < 1.29 is 19.1 Å². The quantitative estimate of drug-likeness (QED) is 0.762. The summed E-state index contributed by atoms with van der Waals surface area (Å²) < 4.78 is 10.4. The van der Waals surface area contributed by atoms with Crippen molar-refractivity contribution >= 4 is 35.0 Å². The van der Waals surface area contributed by atoms with E-state index >= 15 is 0 Å². The Kier molecular flexibility index (Phi) is 5.99. The van der Waals surface area contributed by atoms with Crippen molar-refractivity contribution in [1.29, 1.82) is 0 Å². The van der Waals surface area contributed by atoms with Crippen molar-refractivity contribution in [3.63, 3.8) is 0 Å². The van der Waals surface area contributed by atoms with Gasteiger partial charge in [0, 0.05) is 43.3 Å². The van der Waals surface area contributed by atoms with Gasteiger partial charge in [-0.15, -0.1) is 0 Å². The molecule has 2 atom stereocenters. The third kappa shape index (κ3) is 3.79. The zero-order valence-electron chi connectivity index (χ0n) is 15.5. The van der Waals surface area contributed by atoms with Gasteiger partial charge in [0.15, 0.2) is 0 Å². The zero-order chi connectivity index (χ0) is 19.7. The number of fused-ring (bicyclic) bond motifs is 1. The van der Waals surface area contributed by atoms with Gasteiger partial charge in [-0.2, -0.15) is 0 Å². The summed E-state index contributed by atoms with van der Waals surface area (Å²) in [7, 11) is 3.05. The molecule has 8 heteroatoms. The second kappa shape index (κ2) is 8.09. The zero-order valence-corrected chi connectivity index (χ0v) is 17.0. The van der Waals surface area contributed by atoms with Crippen LogP contribution in [0, 0.1) is 0 Å². The van der Waals surface area contributed by atoms with Crippen LogP contribution in [0.4, 0.5) is 0 Å². The van der Waals surface area contributed by atoms with Gasteiger partial charge in [-0.25, -0.2) is 0 Å². The Morgan fingerprint density at radius 1 is 1.30 bits per heavy atom. The molecule has 1 aromatic carbocycles. The van der Waals surface area contributed by atoms with Gasteiger partial charge < -0.3 is 19.3 Å². The minimum atomic E-state index is -0.186. The summed E-state index contributed by atoms with van der Waals surface area (Å²) in [6.07, 6.45) is 2.24. The number of methoxy groups -OCH3 is 2. The van der Waals surface area contributed by atoms with Crippen LogP contribution in [-0.4, -0.2) is 61.6 Å². The van der Waals surface area contributed by atoms with Gasteiger partial charge in [0.25, 0.3) is 0 Å². The van der Waals surface area contributed by atoms with Gasteiger partial charge in [0.1, 0.15) is 12.4 Å². The van der Waals surface area contributed by atoms with Crippen molar-refractivity contribution in [2.24, 2.45) is 0 Å². The third-order valence-corrected chi connectivity index (χ3v) is 5.85. The van der Waals surface area contributed by atoms with Gasteiger partial charge in [-0.3, -0.25) is 9.59 Å². The Hall–Kier alpha value is -1.76. The molecule has 146 valence electrons. The molecule has 0 radical (unpaired) electrons. The molecule has 0 N–H and O–H groups in total. The average Bonchev–Trinajstić information content (AvgIpc) is 3.00. The number of carbonyl (C=O) groups is 2. The normalized spacial score (nSPS) is 22.4. The van der Waals surface area contributed by atoms with Crippen molar-refractivity contribution in [3.05, 3.63) is 39.5 Å². The first-order valence-electron chi connectivity index (χ1n) is 8.68. The minimum Gasteiger partial charge on any atom is -0.496 e. The largest absolute Gasteiger partial charge is 0.496 e. The molecule has 0 aliphatic carbocycles. The topological polar surface area (TPSA) is 59.1 Å². The van der Waals surface area contributed by atoms with E-state index in [1.165, 1.54) is 7.11 Å². The maximum Gasteiger partial charge on any atom is 0.249 e. The van der Waals surface area contributed by atoms with Crippen LogP contribution in [0.3, 0.4) is 0 Å². The van der Waals surface area contributed by atoms with Crippen LogP contribution in [-0.2, 0) is 14.3 Å². The van der Waals surface area contributed by atoms with Crippen molar-refractivity contribution in [3.8, 4) is 5.75 Å². The van der Waals surface area contributed by atoms with Gasteiger partial charge in [-0.1, -0.05) is 29.3 Å². The monoisotopic (exact) mass is 412 g/mol. The number of ether oxygens (including phenoxy) is 2. The fourth-order valence-corrected chi connectivity index (χ4v) is 4.14. The summed E-state index contributed by atoms with van der Waals surface area (Å²) in [5.41, 5.74) is 1.54. The van der Waals surface area contributed by atoms with Crippen molar-refractivity contribution in [1.82, 2.24) is 9.80 Å². The summed E-state index contributed by atoms with van der Waals surface area (Å²) >= 11 is 12.6. The standard InChI is InChI=1S/C19H22Cl2N2O4/c1-11-6-16(24)23-8-12(7-13(23)9-22(11)17(25)10-26-2)18-15(27-3)5-4-14(20)19(18)21/h4-5,7,11-12H,6,8-10H2,1-3H3/t11-,12+/m1/s1. The summed E-state index contributed by atoms with van der Waals surface area (Å²) in [4.78, 5) is 28.6. The molecule has 2 heterocycles. The highest BCUT2D eigenvalue weighted by Crippen LogP contribution is 2.42. The van der Waals surface area contributed by atoms with E-state index in [1.54, 1.807) is 29.0 Å². The Bertz CT molecular complexity index is 796. The van der Waals surface area contributed by atoms with Crippen molar-refractivity contribution in [2.75, 3.05) is 33.9 Å². The summed E-state index contributed by atoms with van der Waals surface area (Å²) in [5, 5.41) is 0.855. The lowest BCUT2D eigenvalue weighted by molar-refractivity contribution is -0.137. The van der Waals surface area contributed by atoms with E-state index in [0.29, 0.717) is 28.9 Å². The average molecular weight is 413 g/mol. The third-order valence-electron chi connectivity index (χ3n) is 5.03. The van der Waals surface area contributed by atoms with Crippen molar-refractivity contribution in [2.45, 2.75) is 25.3 Å². The van der Waals surface area contributed by atoms with Gasteiger partial charge in [-0.05, 0) is 19.1 Å². The lowest BCUT2D eigenvalue weighted by atomic mass is 9.98. The number of nitrogens with zero attached hydrogens (tertiary/aromatic N) is 2. The van der Waals surface area contributed by atoms with Crippen LogP contribution in [0.1, 0.15) is 24.8 Å². The highest BCUT2D eigenvalue weighted by molar-refractivity contribution is 6.42. The number of hydrogen-bond donors (Lipinski definition) is 0. The van der Waals surface area contributed by atoms with E-state index in [1.807, 2.05) is 13.0 Å². The van der Waals surface area contributed by atoms with Crippen LogP contribution in [0.2, 0.25) is 10.0 Å². The van der Waals surface area contributed by atoms with E-state index < -0.39 is 0 Å². The number of carbonyl (C=O) groups excluding carboxylic acids is 2. The molecule has 1 saturated heterocycles. The SMILES string of the molecule is COCC(=O)N1CC2=C[C@H](c3c(OC)ccc(Cl)c3Cl)CN2C(=O)C[C@H]1C. The molecular formula is C19H22Cl2N2O4. The molecule has 2 aliphatic heterocycles. The number of amides is 2. The smallest absolute Gasteiger partial charge is 0.249 e. The van der Waals surface area contributed by atoms with E-state index in [2.05, 4.69) is 0 Å². The van der Waals surface area contributed by atoms with Crippen LogP contribution in [0.5, 0.6) is 5.75 Å². The number of rotatable bonds is 4. The maximum atomic E-state index is 12.7. The van der Waals surface area contributed by atoms with E-state index in [9.17, 15) is 9.59 Å². The molecule has 0 spiro atoms. The first kappa shape index (κ1) is 20.0. The molecule has 2 amide bonds. The Balaban J connectivity index is 1.96. The Morgan fingerprint density at radius 3 is 2.70 bits per heavy atom. The van der Waals surface area contributed by atoms with Gasteiger partial charge >= 0.3 is 0 Å². The first-order chi connectivity index (χ1) is 12.9. The molecule has 0 aromatic heterocycles. The molecule has 6 nitrogen and oxygen atoms in total. The minimum absolute atomic E-state index is 0.0107. The van der Waals surface area contributed by atoms with Crippen LogP contribution >= 0.6 is 23.2 Å². The molecule has 0 unspecified atom stereocenters. The second-order valence-electron chi connectivity index (χ2n) is 6.75. The molecular weight excluding hydrogens is 391 g/mol. The summed E-state index contributed by atoms with van der Waals surface area (Å²) in [5.74, 6) is 0.318. The molecule has 27 heavy (non-hydrogen) atoms. The number of hydrogen-bond acceptors (Lipinski definition) is 4. The Morgan fingerprint density at radius 2 is 2.04 bits per heavy atom. The van der Waals surface area contributed by atoms with Crippen LogP contribution in [0.25, 0.3) is 0 Å². The Labute approximate surface area is 168 Å². The maximum absolute atomic E-state index is 12.7. The highest BCUT2D eigenvalue weighted by atomic mass is 35.5. The molecule has 0 saturated carbocycles. The summed E-state index contributed by atoms with van der Waals surface area (Å²) in [6, 6.07) is 3.27. The lowest BCUT2D eigenvalue weighted by Gasteiger charge is -2.26. The fraction of sp³-hybridized carbons (Fsp3) is 0.474. The molecule has 2 aliphatic rings. The van der Waals surface area contributed by atoms with E-state index in [-0.39, 0.29) is 36.8 Å². The number of benzene rings is 1. The summed E-state index contributed by atoms with van der Waals surface area (Å²) in [6.45, 7) is 2.67. The van der Waals surface area contributed by atoms with E-state index in [4.69, 9.17) is 32.7 Å². The molecule has 0 bridgehead atoms. The van der Waals surface area contributed by atoms with Crippen LogP contribution < -0.4 is 4.74 Å². The predicted octanol–water partition coefficient (Wildman–Crippen LogP) is 3.08. The van der Waals surface area contributed by atoms with Gasteiger partial charge in [0.05, 0.1) is 23.7 Å². The molecule has 1 fully saturated rings. The fourth-order valence-electron chi connectivity index (χ4n) is 3.68. The van der Waals surface area contributed by atoms with E-state index in [0.717, 1.165) is 11.3 Å². The number of halogens is 2. The highest BCUT2D eigenvalue weighted by Gasteiger charge is 2.38. The second-order valence-corrected chi connectivity index (χ2v) is 7.54. The van der Waals surface area contributed by atoms with Crippen LogP contribution in [0.15, 0.2) is 23.9 Å². The van der Waals surface area contributed by atoms with Gasteiger partial charge in [0.2, 0.25) is 11.8 Å².